The number of nitrogens with zero attached hydrogens (tertiary/aromatic N) is 4. The Labute approximate surface area is 70.4 Å². The molecular weight excluding hydrogens is 156 g/mol. The van der Waals surface area contributed by atoms with Crippen LogP contribution in [0.15, 0.2) is 0 Å². The zero-order valence-corrected chi connectivity index (χ0v) is 6.85. The number of fused-ring (bicyclic) bond motifs is 1. The van der Waals surface area contributed by atoms with Gasteiger partial charge in [0, 0.05) is 19.6 Å². The van der Waals surface area contributed by atoms with Crippen LogP contribution in [-0.2, 0) is 13.0 Å². The van der Waals surface area contributed by atoms with Gasteiger partial charge < -0.3 is 5.11 Å². The molecule has 1 aromatic heterocycles. The maximum absolute atomic E-state index is 8.97. The minimum atomic E-state index is 0.276. The van der Waals surface area contributed by atoms with Crippen molar-refractivity contribution in [3.63, 3.8) is 0 Å². The highest BCUT2D eigenvalue weighted by atomic mass is 16.3. The first-order valence-electron chi connectivity index (χ1n) is 4.26. The van der Waals surface area contributed by atoms with Crippen LogP contribution < -0.4 is 0 Å². The van der Waals surface area contributed by atoms with Crippen molar-refractivity contribution in [1.82, 2.24) is 20.2 Å². The molecule has 0 bridgehead atoms. The molecule has 12 heavy (non-hydrogen) atoms. The van der Waals surface area contributed by atoms with Gasteiger partial charge in [-0.15, -0.1) is 5.10 Å². The summed E-state index contributed by atoms with van der Waals surface area (Å²) in [7, 11) is 0. The fourth-order valence-electron chi connectivity index (χ4n) is 1.54. The molecule has 2 rings (SSSR count). The minimum Gasteiger partial charge on any atom is -0.396 e. The fourth-order valence-corrected chi connectivity index (χ4v) is 1.54. The van der Waals surface area contributed by atoms with E-state index >= 15 is 0 Å². The molecule has 0 saturated carbocycles. The Hall–Kier alpha value is -0.970. The van der Waals surface area contributed by atoms with E-state index in [2.05, 4.69) is 15.5 Å². The Bertz CT molecular complexity index is 237. The molecule has 2 heterocycles. The van der Waals surface area contributed by atoms with Crippen LogP contribution in [0, 0.1) is 5.92 Å². The van der Waals surface area contributed by atoms with Gasteiger partial charge in [-0.3, -0.25) is 0 Å². The third-order valence-electron chi connectivity index (χ3n) is 2.39. The van der Waals surface area contributed by atoms with E-state index in [0.29, 0.717) is 5.92 Å². The molecule has 5 nitrogen and oxygen atoms in total. The molecular formula is C7H12N4O. The van der Waals surface area contributed by atoms with E-state index in [0.717, 1.165) is 31.6 Å². The quantitative estimate of drug-likeness (QED) is 0.620. The number of tetrazole rings is 1. The number of aromatic nitrogens is 4. The van der Waals surface area contributed by atoms with Crippen molar-refractivity contribution in [3.05, 3.63) is 5.82 Å². The summed E-state index contributed by atoms with van der Waals surface area (Å²) >= 11 is 0. The largest absolute Gasteiger partial charge is 0.396 e. The van der Waals surface area contributed by atoms with Crippen molar-refractivity contribution in [3.8, 4) is 0 Å². The summed E-state index contributed by atoms with van der Waals surface area (Å²) in [5, 5.41) is 20.3. The van der Waals surface area contributed by atoms with E-state index in [-0.39, 0.29) is 6.61 Å². The van der Waals surface area contributed by atoms with Crippen molar-refractivity contribution in [2.24, 2.45) is 5.92 Å². The van der Waals surface area contributed by atoms with Crippen LogP contribution in [0.1, 0.15) is 18.7 Å². The molecule has 0 fully saturated rings. The van der Waals surface area contributed by atoms with Crippen molar-refractivity contribution in [1.29, 1.82) is 0 Å². The van der Waals surface area contributed by atoms with Crippen molar-refractivity contribution in [2.45, 2.75) is 25.8 Å². The highest BCUT2D eigenvalue weighted by Gasteiger charge is 2.16. The van der Waals surface area contributed by atoms with Crippen LogP contribution in [-0.4, -0.2) is 31.9 Å². The number of hydrogen-bond acceptors (Lipinski definition) is 4. The maximum atomic E-state index is 8.97. The van der Waals surface area contributed by atoms with Gasteiger partial charge in [0.25, 0.3) is 0 Å². The van der Waals surface area contributed by atoms with Crippen molar-refractivity contribution >= 4 is 0 Å². The van der Waals surface area contributed by atoms with E-state index in [4.69, 9.17) is 5.11 Å². The van der Waals surface area contributed by atoms with Crippen molar-refractivity contribution in [2.75, 3.05) is 6.61 Å². The second kappa shape index (κ2) is 3.18. The Morgan fingerprint density at radius 3 is 3.25 bits per heavy atom. The van der Waals surface area contributed by atoms with Gasteiger partial charge in [0.1, 0.15) is 0 Å². The third kappa shape index (κ3) is 1.32. The van der Waals surface area contributed by atoms with Gasteiger partial charge in [0.15, 0.2) is 5.82 Å². The monoisotopic (exact) mass is 168 g/mol. The first kappa shape index (κ1) is 7.67. The molecule has 0 amide bonds. The number of aliphatic hydroxyl groups excluding tert-OH is 1. The van der Waals surface area contributed by atoms with E-state index < -0.39 is 0 Å². The summed E-state index contributed by atoms with van der Waals surface area (Å²) in [6.45, 7) is 1.12. The summed E-state index contributed by atoms with van der Waals surface area (Å²) in [5.41, 5.74) is 0. The smallest absolute Gasteiger partial charge is 0.151 e. The van der Waals surface area contributed by atoms with E-state index in [9.17, 15) is 0 Å². The molecule has 0 aromatic carbocycles. The molecule has 1 aromatic rings. The Morgan fingerprint density at radius 1 is 1.50 bits per heavy atom. The summed E-state index contributed by atoms with van der Waals surface area (Å²) in [6, 6.07) is 0. The second-order valence-corrected chi connectivity index (χ2v) is 3.19. The Morgan fingerprint density at radius 2 is 2.42 bits per heavy atom. The SMILES string of the molecule is OCC1CCc2nnnn2CC1. The van der Waals surface area contributed by atoms with Crippen molar-refractivity contribution < 1.29 is 5.11 Å². The molecule has 0 spiro atoms. The van der Waals surface area contributed by atoms with Gasteiger partial charge in [-0.2, -0.15) is 0 Å². The molecule has 1 N–H and O–H groups in total. The average molecular weight is 168 g/mol. The first-order valence-corrected chi connectivity index (χ1v) is 4.26. The molecule has 1 atom stereocenters. The van der Waals surface area contributed by atoms with Gasteiger partial charge in [0.05, 0.1) is 0 Å². The lowest BCUT2D eigenvalue weighted by atomic mass is 10.0. The fraction of sp³-hybridized carbons (Fsp3) is 0.857. The van der Waals surface area contributed by atoms with Crippen LogP contribution in [0.3, 0.4) is 0 Å². The molecule has 0 radical (unpaired) electrons. The predicted molar refractivity (Wildman–Crippen MR) is 41.3 cm³/mol. The van der Waals surface area contributed by atoms with Gasteiger partial charge in [-0.25, -0.2) is 4.68 Å². The Balaban J connectivity index is 2.10. The molecule has 5 heteroatoms. The highest BCUT2D eigenvalue weighted by Crippen LogP contribution is 2.16. The van der Waals surface area contributed by atoms with Gasteiger partial charge in [0.2, 0.25) is 0 Å². The average Bonchev–Trinajstić information content (AvgIpc) is 2.46. The summed E-state index contributed by atoms with van der Waals surface area (Å²) < 4.78 is 1.83. The third-order valence-corrected chi connectivity index (χ3v) is 2.39. The van der Waals surface area contributed by atoms with E-state index in [1.54, 1.807) is 0 Å². The minimum absolute atomic E-state index is 0.276. The number of aryl methyl sites for hydroxylation is 2. The standard InChI is InChI=1S/C7H12N4O/c12-5-6-1-2-7-8-9-10-11(7)4-3-6/h6,12H,1-5H2. The summed E-state index contributed by atoms with van der Waals surface area (Å²) in [5.74, 6) is 1.36. The lowest BCUT2D eigenvalue weighted by Gasteiger charge is -2.07. The molecule has 1 unspecified atom stereocenters. The molecule has 1 aliphatic rings. The molecule has 0 saturated heterocycles. The van der Waals surface area contributed by atoms with Crippen LogP contribution in [0.4, 0.5) is 0 Å². The predicted octanol–water partition coefficient (Wildman–Crippen LogP) is -0.382. The molecule has 66 valence electrons. The van der Waals surface area contributed by atoms with Gasteiger partial charge in [-0.05, 0) is 29.2 Å². The topological polar surface area (TPSA) is 63.8 Å². The lowest BCUT2D eigenvalue weighted by Crippen LogP contribution is -2.07. The Kier molecular flexibility index (Phi) is 2.03. The van der Waals surface area contributed by atoms with E-state index in [1.165, 1.54) is 0 Å². The van der Waals surface area contributed by atoms with E-state index in [1.807, 2.05) is 4.68 Å². The number of aliphatic hydroxyl groups is 1. The molecule has 1 aliphatic heterocycles. The van der Waals surface area contributed by atoms with Gasteiger partial charge in [-0.1, -0.05) is 0 Å². The number of hydrogen-bond donors (Lipinski definition) is 1. The zero-order chi connectivity index (χ0) is 8.39. The van der Waals surface area contributed by atoms with Crippen LogP contribution >= 0.6 is 0 Å². The van der Waals surface area contributed by atoms with Gasteiger partial charge >= 0.3 is 0 Å². The number of rotatable bonds is 1. The lowest BCUT2D eigenvalue weighted by molar-refractivity contribution is 0.210. The highest BCUT2D eigenvalue weighted by molar-refractivity contribution is 4.84. The molecule has 0 aliphatic carbocycles. The van der Waals surface area contributed by atoms with Crippen LogP contribution in [0.5, 0.6) is 0 Å². The summed E-state index contributed by atoms with van der Waals surface area (Å²) in [6.07, 6.45) is 2.86. The summed E-state index contributed by atoms with van der Waals surface area (Å²) in [4.78, 5) is 0. The van der Waals surface area contributed by atoms with Crippen LogP contribution in [0.25, 0.3) is 0 Å². The second-order valence-electron chi connectivity index (χ2n) is 3.19. The van der Waals surface area contributed by atoms with Crippen LogP contribution in [0.2, 0.25) is 0 Å². The normalized spacial score (nSPS) is 23.2. The first-order chi connectivity index (χ1) is 5.90. The zero-order valence-electron chi connectivity index (χ0n) is 6.85. The maximum Gasteiger partial charge on any atom is 0.151 e.